The van der Waals surface area contributed by atoms with E-state index >= 15 is 0 Å². The van der Waals surface area contributed by atoms with Crippen molar-refractivity contribution in [2.24, 2.45) is 17.8 Å². The van der Waals surface area contributed by atoms with Gasteiger partial charge in [-0.05, 0) is 43.4 Å². The molecule has 582 valence electrons. The fourth-order valence-electron chi connectivity index (χ4n) is 12.1. The molecule has 0 fully saturated rings. The minimum atomic E-state index is -4.96. The second kappa shape index (κ2) is 69.4. The third-order valence-electron chi connectivity index (χ3n) is 18.7. The van der Waals surface area contributed by atoms with E-state index in [9.17, 15) is 43.2 Å². The fraction of sp³-hybridized carbons (Fsp3) is 0.949. The molecule has 0 radical (unpaired) electrons. The molecule has 0 saturated carbocycles. The summed E-state index contributed by atoms with van der Waals surface area (Å²) >= 11 is 0. The minimum absolute atomic E-state index is 0.105. The Morgan fingerprint density at radius 1 is 0.296 bits per heavy atom. The highest BCUT2D eigenvalue weighted by molar-refractivity contribution is 7.47. The number of phosphoric ester groups is 2. The summed E-state index contributed by atoms with van der Waals surface area (Å²) in [6.45, 7) is 11.9. The first-order chi connectivity index (χ1) is 47.3. The number of carbonyl (C=O) groups is 4. The molecule has 0 saturated heterocycles. The smallest absolute Gasteiger partial charge is 0.462 e. The van der Waals surface area contributed by atoms with Gasteiger partial charge in [0.05, 0.1) is 26.4 Å². The molecule has 0 amide bonds. The van der Waals surface area contributed by atoms with Crippen LogP contribution in [0.5, 0.6) is 0 Å². The SMILES string of the molecule is CCCCCCCCCCCCCCCC(=O)OC[C@H](COP(=O)(O)OC[C@@H](O)COP(=O)(O)OC[C@@H](COC(=O)CCCCCCCCCCC(C)C)OC(=O)CCCCCCCCCCCC(C)C)OC(=O)CCCCCCCCCCCCCCCCCCCCC(C)CC. The first-order valence-corrected chi connectivity index (χ1v) is 43.9. The third kappa shape index (κ3) is 71.1. The predicted octanol–water partition coefficient (Wildman–Crippen LogP) is 23.4. The zero-order valence-electron chi connectivity index (χ0n) is 64.3. The van der Waals surface area contributed by atoms with Crippen molar-refractivity contribution in [3.63, 3.8) is 0 Å². The quantitative estimate of drug-likeness (QED) is 0.0222. The molecule has 3 unspecified atom stereocenters. The summed E-state index contributed by atoms with van der Waals surface area (Å²) in [7, 11) is -9.92. The molecule has 0 bridgehead atoms. The molecule has 0 aliphatic carbocycles. The largest absolute Gasteiger partial charge is 0.472 e. The number of hydrogen-bond donors (Lipinski definition) is 3. The Morgan fingerprint density at radius 2 is 0.520 bits per heavy atom. The first-order valence-electron chi connectivity index (χ1n) is 40.9. The zero-order chi connectivity index (χ0) is 72.3. The molecule has 3 N–H and O–H groups in total. The van der Waals surface area contributed by atoms with Gasteiger partial charge in [-0.25, -0.2) is 9.13 Å². The molecule has 0 rings (SSSR count). The molecule has 6 atom stereocenters. The van der Waals surface area contributed by atoms with Gasteiger partial charge in [-0.1, -0.05) is 357 Å². The van der Waals surface area contributed by atoms with E-state index in [1.165, 1.54) is 218 Å². The Hall–Kier alpha value is -1.94. The summed E-state index contributed by atoms with van der Waals surface area (Å²) in [6, 6.07) is 0. The summed E-state index contributed by atoms with van der Waals surface area (Å²) in [4.78, 5) is 72.9. The summed E-state index contributed by atoms with van der Waals surface area (Å²) < 4.78 is 68.6. The van der Waals surface area contributed by atoms with Gasteiger partial charge in [0.1, 0.15) is 19.3 Å². The van der Waals surface area contributed by atoms with Crippen LogP contribution >= 0.6 is 15.6 Å². The molecule has 0 spiro atoms. The molecule has 0 aromatic heterocycles. The van der Waals surface area contributed by atoms with Gasteiger partial charge in [0.15, 0.2) is 12.2 Å². The Kier molecular flexibility index (Phi) is 68.1. The first kappa shape index (κ1) is 96.1. The highest BCUT2D eigenvalue weighted by Gasteiger charge is 2.30. The maximum absolute atomic E-state index is 13.1. The normalized spacial score (nSPS) is 14.3. The fourth-order valence-corrected chi connectivity index (χ4v) is 13.7. The number of unbranched alkanes of at least 4 members (excludes halogenated alkanes) is 44. The molecule has 0 heterocycles. The Balaban J connectivity index is 5.20. The second-order valence-corrected chi connectivity index (χ2v) is 32.6. The van der Waals surface area contributed by atoms with Gasteiger partial charge in [-0.2, -0.15) is 0 Å². The van der Waals surface area contributed by atoms with E-state index in [-0.39, 0.29) is 25.7 Å². The van der Waals surface area contributed by atoms with Crippen LogP contribution < -0.4 is 0 Å². The van der Waals surface area contributed by atoms with Crippen molar-refractivity contribution in [3.8, 4) is 0 Å². The molecule has 17 nitrogen and oxygen atoms in total. The molecule has 0 aliphatic rings. The van der Waals surface area contributed by atoms with Crippen molar-refractivity contribution >= 4 is 39.5 Å². The molecular weight excluding hydrogens is 1280 g/mol. The van der Waals surface area contributed by atoms with Crippen molar-refractivity contribution in [2.45, 2.75) is 426 Å². The van der Waals surface area contributed by atoms with E-state index < -0.39 is 97.5 Å². The van der Waals surface area contributed by atoms with Crippen molar-refractivity contribution in [1.82, 2.24) is 0 Å². The van der Waals surface area contributed by atoms with Crippen LogP contribution in [0.25, 0.3) is 0 Å². The standard InChI is InChI=1S/C79H154O17P2/c1-8-10-11-12-13-14-15-22-26-31-39-46-53-60-76(81)89-66-74(95-78(83)62-55-48-41-32-27-24-21-19-17-16-18-20-23-25-30-38-45-52-59-72(7)9-2)68-93-97(85,86)91-64-73(80)65-92-98(87,88)94-69-75(67-90-77(82)61-54-47-40-35-34-37-44-51-58-71(5)6)96-79(84)63-56-49-42-33-28-29-36-43-50-57-70(3)4/h70-75,80H,8-69H2,1-7H3,(H,85,86)(H,87,88)/t72?,73-,74-,75-/m1/s1. The number of rotatable bonds is 77. The second-order valence-electron chi connectivity index (χ2n) is 29.6. The maximum atomic E-state index is 13.1. The van der Waals surface area contributed by atoms with Crippen molar-refractivity contribution in [3.05, 3.63) is 0 Å². The van der Waals surface area contributed by atoms with E-state index in [4.69, 9.17) is 37.0 Å². The Morgan fingerprint density at radius 3 is 0.776 bits per heavy atom. The number of carbonyl (C=O) groups excluding carboxylic acids is 4. The number of esters is 4. The van der Waals surface area contributed by atoms with Gasteiger partial charge < -0.3 is 33.8 Å². The molecule has 0 aliphatic heterocycles. The highest BCUT2D eigenvalue weighted by atomic mass is 31.2. The molecular formula is C79H154O17P2. The van der Waals surface area contributed by atoms with Crippen LogP contribution in [0.15, 0.2) is 0 Å². The van der Waals surface area contributed by atoms with Crippen LogP contribution in [0, 0.1) is 17.8 Å². The average molecular weight is 1440 g/mol. The van der Waals surface area contributed by atoms with Gasteiger partial charge in [0.25, 0.3) is 0 Å². The maximum Gasteiger partial charge on any atom is 0.472 e. The van der Waals surface area contributed by atoms with Gasteiger partial charge in [-0.15, -0.1) is 0 Å². The minimum Gasteiger partial charge on any atom is -0.462 e. The van der Waals surface area contributed by atoms with Crippen LogP contribution in [0.1, 0.15) is 408 Å². The predicted molar refractivity (Wildman–Crippen MR) is 400 cm³/mol. The van der Waals surface area contributed by atoms with Gasteiger partial charge in [0, 0.05) is 25.7 Å². The Bertz CT molecular complexity index is 1910. The lowest BCUT2D eigenvalue weighted by Crippen LogP contribution is -2.30. The summed E-state index contributed by atoms with van der Waals surface area (Å²) in [5.74, 6) is 0.219. The molecule has 0 aromatic carbocycles. The summed E-state index contributed by atoms with van der Waals surface area (Å²) in [5.41, 5.74) is 0. The van der Waals surface area contributed by atoms with E-state index in [2.05, 4.69) is 48.5 Å². The number of ether oxygens (including phenoxy) is 4. The van der Waals surface area contributed by atoms with Crippen LogP contribution in [0.4, 0.5) is 0 Å². The van der Waals surface area contributed by atoms with Gasteiger partial charge in [-0.3, -0.25) is 37.3 Å². The number of hydrogen-bond acceptors (Lipinski definition) is 15. The van der Waals surface area contributed by atoms with Crippen molar-refractivity contribution < 1.29 is 80.2 Å². The monoisotopic (exact) mass is 1440 g/mol. The third-order valence-corrected chi connectivity index (χ3v) is 20.6. The van der Waals surface area contributed by atoms with E-state index in [1.807, 2.05) is 0 Å². The topological polar surface area (TPSA) is 237 Å². The van der Waals surface area contributed by atoms with E-state index in [0.29, 0.717) is 25.7 Å². The van der Waals surface area contributed by atoms with Crippen LogP contribution in [0.3, 0.4) is 0 Å². The molecule has 19 heteroatoms. The van der Waals surface area contributed by atoms with E-state index in [1.54, 1.807) is 0 Å². The lowest BCUT2D eigenvalue weighted by atomic mass is 9.99. The van der Waals surface area contributed by atoms with Crippen LogP contribution in [-0.4, -0.2) is 96.7 Å². The van der Waals surface area contributed by atoms with Gasteiger partial charge in [0.2, 0.25) is 0 Å². The molecule has 0 aromatic rings. The summed E-state index contributed by atoms with van der Waals surface area (Å²) in [6.07, 6.45) is 56.9. The van der Waals surface area contributed by atoms with Crippen LogP contribution in [-0.2, 0) is 65.4 Å². The lowest BCUT2D eigenvalue weighted by Gasteiger charge is -2.21. The number of aliphatic hydroxyl groups is 1. The van der Waals surface area contributed by atoms with Crippen molar-refractivity contribution in [2.75, 3.05) is 39.6 Å². The van der Waals surface area contributed by atoms with E-state index in [0.717, 1.165) is 108 Å². The van der Waals surface area contributed by atoms with Crippen LogP contribution in [0.2, 0.25) is 0 Å². The lowest BCUT2D eigenvalue weighted by molar-refractivity contribution is -0.161. The Labute approximate surface area is 600 Å². The summed E-state index contributed by atoms with van der Waals surface area (Å²) in [5, 5.41) is 10.6. The highest BCUT2D eigenvalue weighted by Crippen LogP contribution is 2.45. The zero-order valence-corrected chi connectivity index (χ0v) is 66.0. The van der Waals surface area contributed by atoms with Crippen molar-refractivity contribution in [1.29, 1.82) is 0 Å². The molecule has 98 heavy (non-hydrogen) atoms. The number of phosphoric acid groups is 2. The number of aliphatic hydroxyl groups excluding tert-OH is 1. The average Bonchev–Trinajstić information content (AvgIpc) is 1.15. The van der Waals surface area contributed by atoms with Gasteiger partial charge >= 0.3 is 39.5 Å².